The van der Waals surface area contributed by atoms with Gasteiger partial charge in [-0.25, -0.2) is 13.4 Å². The maximum absolute atomic E-state index is 13.1. The van der Waals surface area contributed by atoms with Gasteiger partial charge in [-0.05, 0) is 35.3 Å². The molecule has 0 aliphatic heterocycles. The zero-order valence-electron chi connectivity index (χ0n) is 13.9. The Bertz CT molecular complexity index is 882. The highest BCUT2D eigenvalue weighted by Gasteiger charge is 2.64. The van der Waals surface area contributed by atoms with E-state index in [4.69, 9.17) is 0 Å². The van der Waals surface area contributed by atoms with Gasteiger partial charge in [0, 0.05) is 17.8 Å². The molecule has 2 aliphatic carbocycles. The first-order chi connectivity index (χ1) is 11.9. The van der Waals surface area contributed by atoms with E-state index in [1.54, 1.807) is 12.3 Å². The number of anilines is 1. The predicted molar refractivity (Wildman–Crippen MR) is 99.9 cm³/mol. The van der Waals surface area contributed by atoms with Crippen molar-refractivity contribution < 1.29 is 13.2 Å². The molecule has 2 aromatic heterocycles. The molecule has 0 spiro atoms. The monoisotopic (exact) mass is 396 g/mol. The number of nitrogens with zero attached hydrogens (tertiary/aromatic N) is 1. The zero-order chi connectivity index (χ0) is 17.7. The van der Waals surface area contributed by atoms with Crippen LogP contribution in [0.2, 0.25) is 0 Å². The van der Waals surface area contributed by atoms with Gasteiger partial charge in [0.2, 0.25) is 5.91 Å². The lowest BCUT2D eigenvalue weighted by molar-refractivity contribution is -0.119. The Balaban J connectivity index is 1.67. The Morgan fingerprint density at radius 1 is 1.32 bits per heavy atom. The van der Waals surface area contributed by atoms with Crippen LogP contribution in [0.1, 0.15) is 37.7 Å². The third-order valence-corrected chi connectivity index (χ3v) is 8.95. The number of aromatic nitrogens is 1. The van der Waals surface area contributed by atoms with Crippen LogP contribution in [0.5, 0.6) is 0 Å². The maximum Gasteiger partial charge on any atom is 0.237 e. The lowest BCUT2D eigenvalue weighted by Gasteiger charge is -2.18. The second-order valence-electron chi connectivity index (χ2n) is 7.04. The zero-order valence-corrected chi connectivity index (χ0v) is 16.3. The average molecular weight is 397 g/mol. The van der Waals surface area contributed by atoms with Gasteiger partial charge in [-0.1, -0.05) is 25.7 Å². The SMILES string of the molecule is CS(=O)(=O)c1cc(C2(C(=O)Nc3nccs3)CC2C2CCCC2)cs1. The Morgan fingerprint density at radius 2 is 2.08 bits per heavy atom. The number of thiophene rings is 1. The van der Waals surface area contributed by atoms with Gasteiger partial charge >= 0.3 is 0 Å². The molecule has 2 heterocycles. The van der Waals surface area contributed by atoms with E-state index in [0.717, 1.165) is 12.0 Å². The molecule has 1 amide bonds. The molecule has 2 atom stereocenters. The van der Waals surface area contributed by atoms with E-state index in [9.17, 15) is 13.2 Å². The van der Waals surface area contributed by atoms with Crippen LogP contribution in [0.4, 0.5) is 5.13 Å². The fraction of sp³-hybridized carbons (Fsp3) is 0.529. The average Bonchev–Trinajstić information content (AvgIpc) is 3.10. The van der Waals surface area contributed by atoms with Crippen LogP contribution in [0.25, 0.3) is 0 Å². The van der Waals surface area contributed by atoms with E-state index in [0.29, 0.717) is 21.2 Å². The van der Waals surface area contributed by atoms with Crippen molar-refractivity contribution in [1.82, 2.24) is 4.98 Å². The summed E-state index contributed by atoms with van der Waals surface area (Å²) in [6, 6.07) is 1.70. The smallest absolute Gasteiger partial charge is 0.237 e. The summed E-state index contributed by atoms with van der Waals surface area (Å²) < 4.78 is 24.1. The summed E-state index contributed by atoms with van der Waals surface area (Å²) in [6.45, 7) is 0. The fourth-order valence-corrected chi connectivity index (χ4v) is 6.60. The molecule has 1 N–H and O–H groups in total. The van der Waals surface area contributed by atoms with E-state index in [2.05, 4.69) is 10.3 Å². The van der Waals surface area contributed by atoms with Crippen molar-refractivity contribution in [2.45, 2.75) is 41.7 Å². The van der Waals surface area contributed by atoms with Gasteiger partial charge in [0.1, 0.15) is 4.21 Å². The first-order valence-corrected chi connectivity index (χ1v) is 12.1. The van der Waals surface area contributed by atoms with Crippen molar-refractivity contribution >= 4 is 43.5 Å². The number of thiazole rings is 1. The second kappa shape index (κ2) is 6.17. The predicted octanol–water partition coefficient (Wildman–Crippen LogP) is 3.69. The normalized spacial score (nSPS) is 26.7. The number of nitrogens with one attached hydrogen (secondary N) is 1. The van der Waals surface area contributed by atoms with E-state index in [1.807, 2.05) is 10.8 Å². The minimum absolute atomic E-state index is 0.0443. The summed E-state index contributed by atoms with van der Waals surface area (Å²) in [5.41, 5.74) is 0.254. The number of amides is 1. The lowest BCUT2D eigenvalue weighted by atomic mass is 9.88. The molecule has 0 bridgehead atoms. The molecule has 0 aromatic carbocycles. The summed E-state index contributed by atoms with van der Waals surface area (Å²) >= 11 is 2.61. The minimum Gasteiger partial charge on any atom is -0.301 e. The van der Waals surface area contributed by atoms with Gasteiger partial charge in [-0.3, -0.25) is 4.79 Å². The molecule has 4 rings (SSSR count). The van der Waals surface area contributed by atoms with Crippen LogP contribution < -0.4 is 5.32 Å². The molecular formula is C17H20N2O3S3. The molecule has 134 valence electrons. The van der Waals surface area contributed by atoms with Crippen LogP contribution in [0, 0.1) is 11.8 Å². The molecule has 2 aliphatic rings. The highest BCUT2D eigenvalue weighted by atomic mass is 32.2. The third kappa shape index (κ3) is 3.04. The van der Waals surface area contributed by atoms with E-state index < -0.39 is 15.3 Å². The summed E-state index contributed by atoms with van der Waals surface area (Å²) in [5.74, 6) is 0.817. The molecule has 2 saturated carbocycles. The van der Waals surface area contributed by atoms with Crippen LogP contribution in [-0.2, 0) is 20.0 Å². The number of hydrogen-bond donors (Lipinski definition) is 1. The van der Waals surface area contributed by atoms with Gasteiger partial charge in [0.15, 0.2) is 15.0 Å². The van der Waals surface area contributed by atoms with Crippen molar-refractivity contribution in [3.63, 3.8) is 0 Å². The molecule has 25 heavy (non-hydrogen) atoms. The third-order valence-electron chi connectivity index (χ3n) is 5.50. The van der Waals surface area contributed by atoms with Crippen molar-refractivity contribution in [1.29, 1.82) is 0 Å². The van der Waals surface area contributed by atoms with Gasteiger partial charge < -0.3 is 5.32 Å². The number of carbonyl (C=O) groups excluding carboxylic acids is 1. The molecule has 5 nitrogen and oxygen atoms in total. The highest BCUT2D eigenvalue weighted by Crippen LogP contribution is 2.62. The Labute approximate surface area is 155 Å². The minimum atomic E-state index is -3.25. The summed E-state index contributed by atoms with van der Waals surface area (Å²) in [5, 5.41) is 7.23. The van der Waals surface area contributed by atoms with Crippen LogP contribution in [-0.4, -0.2) is 25.6 Å². The van der Waals surface area contributed by atoms with E-state index in [1.165, 1.54) is 54.6 Å². The Morgan fingerprint density at radius 3 is 2.68 bits per heavy atom. The van der Waals surface area contributed by atoms with Crippen LogP contribution >= 0.6 is 22.7 Å². The largest absolute Gasteiger partial charge is 0.301 e. The molecule has 2 fully saturated rings. The van der Waals surface area contributed by atoms with Gasteiger partial charge in [0.05, 0.1) is 5.41 Å². The van der Waals surface area contributed by atoms with Crippen molar-refractivity contribution in [2.75, 3.05) is 11.6 Å². The molecule has 0 radical (unpaired) electrons. The van der Waals surface area contributed by atoms with Gasteiger partial charge in [-0.15, -0.1) is 22.7 Å². The number of hydrogen-bond acceptors (Lipinski definition) is 6. The molecule has 0 saturated heterocycles. The number of rotatable bonds is 5. The topological polar surface area (TPSA) is 76.1 Å². The standard InChI is InChI=1S/C17H20N2O3S3/c1-25(21,22)14-8-12(10-24-14)17(9-13(17)11-4-2-3-5-11)15(20)19-16-18-6-7-23-16/h6-8,10-11,13H,2-5,9H2,1H3,(H,18,19,20). The summed E-state index contributed by atoms with van der Waals surface area (Å²) in [6.07, 6.45) is 8.47. The highest BCUT2D eigenvalue weighted by molar-refractivity contribution is 7.92. The Hall–Kier alpha value is -1.25. The molecular weight excluding hydrogens is 376 g/mol. The summed E-state index contributed by atoms with van der Waals surface area (Å²) in [4.78, 5) is 17.3. The van der Waals surface area contributed by atoms with Crippen LogP contribution in [0.15, 0.2) is 27.2 Å². The maximum atomic E-state index is 13.1. The van der Waals surface area contributed by atoms with Crippen molar-refractivity contribution in [2.24, 2.45) is 11.8 Å². The first kappa shape index (κ1) is 17.2. The molecule has 2 aromatic rings. The van der Waals surface area contributed by atoms with E-state index >= 15 is 0 Å². The van der Waals surface area contributed by atoms with Crippen LogP contribution in [0.3, 0.4) is 0 Å². The fourth-order valence-electron chi connectivity index (χ4n) is 4.18. The summed E-state index contributed by atoms with van der Waals surface area (Å²) in [7, 11) is -3.25. The number of carbonyl (C=O) groups is 1. The van der Waals surface area contributed by atoms with E-state index in [-0.39, 0.29) is 5.91 Å². The lowest BCUT2D eigenvalue weighted by Crippen LogP contribution is -2.31. The second-order valence-corrected chi connectivity index (χ2v) is 11.1. The quantitative estimate of drug-likeness (QED) is 0.836. The van der Waals surface area contributed by atoms with Crippen molar-refractivity contribution in [3.8, 4) is 0 Å². The Kier molecular flexibility index (Phi) is 4.24. The van der Waals surface area contributed by atoms with Gasteiger partial charge in [-0.2, -0.15) is 0 Å². The molecule has 8 heteroatoms. The number of sulfone groups is 1. The first-order valence-electron chi connectivity index (χ1n) is 8.41. The van der Waals surface area contributed by atoms with Crippen molar-refractivity contribution in [3.05, 3.63) is 28.6 Å². The van der Waals surface area contributed by atoms with Gasteiger partial charge in [0.25, 0.3) is 0 Å². The molecule has 2 unspecified atom stereocenters.